The molecule has 2 unspecified atom stereocenters. The Morgan fingerprint density at radius 2 is 1.91 bits per heavy atom. The van der Waals surface area contributed by atoms with Gasteiger partial charge in [-0.15, -0.1) is 5.92 Å². The molecule has 22 heavy (non-hydrogen) atoms. The summed E-state index contributed by atoms with van der Waals surface area (Å²) in [6, 6.07) is 7.61. The summed E-state index contributed by atoms with van der Waals surface area (Å²) in [6.07, 6.45) is 0.457. The maximum Gasteiger partial charge on any atom is 0.319 e. The second-order valence-corrected chi connectivity index (χ2v) is 5.44. The fraction of sp³-hybridized carbons (Fsp3) is 0.471. The van der Waals surface area contributed by atoms with Crippen LogP contribution in [-0.2, 0) is 4.74 Å². The lowest BCUT2D eigenvalue weighted by Gasteiger charge is -2.36. The fourth-order valence-corrected chi connectivity index (χ4v) is 2.53. The van der Waals surface area contributed by atoms with E-state index in [1.165, 1.54) is 0 Å². The van der Waals surface area contributed by atoms with Crippen molar-refractivity contribution in [2.75, 3.05) is 29.9 Å². The number of rotatable bonds is 3. The average Bonchev–Trinajstić information content (AvgIpc) is 2.47. The van der Waals surface area contributed by atoms with E-state index in [2.05, 4.69) is 41.2 Å². The fourth-order valence-electron chi connectivity index (χ4n) is 2.53. The molecule has 5 heteroatoms. The number of hydrogen-bond acceptors (Lipinski definition) is 3. The Hall–Kier alpha value is -2.19. The van der Waals surface area contributed by atoms with E-state index in [0.717, 1.165) is 24.5 Å². The van der Waals surface area contributed by atoms with Crippen molar-refractivity contribution in [2.24, 2.45) is 0 Å². The van der Waals surface area contributed by atoms with Crippen molar-refractivity contribution in [2.45, 2.75) is 33.0 Å². The van der Waals surface area contributed by atoms with E-state index in [-0.39, 0.29) is 18.2 Å². The summed E-state index contributed by atoms with van der Waals surface area (Å²) in [6.45, 7) is 8.03. The number of hydrogen-bond donors (Lipinski definition) is 2. The van der Waals surface area contributed by atoms with Crippen molar-refractivity contribution < 1.29 is 9.53 Å². The van der Waals surface area contributed by atoms with Gasteiger partial charge in [0.15, 0.2) is 0 Å². The first-order valence-corrected chi connectivity index (χ1v) is 7.53. The minimum absolute atomic E-state index is 0.229. The number of amides is 2. The normalized spacial score (nSPS) is 20.8. The van der Waals surface area contributed by atoms with Crippen LogP contribution in [0.15, 0.2) is 24.3 Å². The molecule has 2 amide bonds. The van der Waals surface area contributed by atoms with Gasteiger partial charge in [0.2, 0.25) is 0 Å². The van der Waals surface area contributed by atoms with Crippen LogP contribution < -0.4 is 15.5 Å². The molecule has 0 saturated carbocycles. The Morgan fingerprint density at radius 3 is 2.50 bits per heavy atom. The molecule has 1 aliphatic rings. The molecule has 0 aliphatic carbocycles. The molecule has 118 valence electrons. The summed E-state index contributed by atoms with van der Waals surface area (Å²) in [5.41, 5.74) is 1.91. The number of benzene rings is 1. The van der Waals surface area contributed by atoms with Crippen molar-refractivity contribution in [1.82, 2.24) is 5.32 Å². The van der Waals surface area contributed by atoms with Crippen LogP contribution in [0.3, 0.4) is 0 Å². The lowest BCUT2D eigenvalue weighted by Crippen LogP contribution is -2.45. The average molecular weight is 301 g/mol. The van der Waals surface area contributed by atoms with Gasteiger partial charge in [0.25, 0.3) is 0 Å². The summed E-state index contributed by atoms with van der Waals surface area (Å²) in [4.78, 5) is 13.9. The smallest absolute Gasteiger partial charge is 0.319 e. The summed E-state index contributed by atoms with van der Waals surface area (Å²) in [5, 5.41) is 5.46. The standard InChI is InChI=1S/C17H23N3O2/c1-4-5-10-18-17(21)19-15-6-8-16(9-7-15)20-11-13(2)22-14(3)12-20/h6-9,13-14H,10-12H2,1-3H3,(H2,18,19,21). The molecule has 1 aliphatic heterocycles. The molecule has 1 saturated heterocycles. The number of nitrogens with zero attached hydrogens (tertiary/aromatic N) is 1. The van der Waals surface area contributed by atoms with Gasteiger partial charge < -0.3 is 20.3 Å². The monoisotopic (exact) mass is 301 g/mol. The molecule has 2 rings (SSSR count). The molecule has 2 N–H and O–H groups in total. The van der Waals surface area contributed by atoms with Gasteiger partial charge in [0, 0.05) is 24.5 Å². The van der Waals surface area contributed by atoms with E-state index in [1.54, 1.807) is 6.92 Å². The molecule has 1 aromatic rings. The van der Waals surface area contributed by atoms with Gasteiger partial charge in [-0.2, -0.15) is 0 Å². The molecule has 5 nitrogen and oxygen atoms in total. The Balaban J connectivity index is 1.92. The van der Waals surface area contributed by atoms with Crippen LogP contribution in [0, 0.1) is 11.8 Å². The Labute approximate surface area is 132 Å². The van der Waals surface area contributed by atoms with E-state index in [1.807, 2.05) is 24.3 Å². The van der Waals surface area contributed by atoms with Crippen molar-refractivity contribution in [3.05, 3.63) is 24.3 Å². The topological polar surface area (TPSA) is 53.6 Å². The summed E-state index contributed by atoms with van der Waals surface area (Å²) in [5.74, 6) is 5.51. The van der Waals surface area contributed by atoms with Gasteiger partial charge in [-0.3, -0.25) is 0 Å². The van der Waals surface area contributed by atoms with Gasteiger partial charge in [-0.25, -0.2) is 4.79 Å². The first-order valence-electron chi connectivity index (χ1n) is 7.53. The van der Waals surface area contributed by atoms with E-state index < -0.39 is 0 Å². The number of anilines is 2. The minimum Gasteiger partial charge on any atom is -0.372 e. The summed E-state index contributed by atoms with van der Waals surface area (Å²) >= 11 is 0. The molecular formula is C17H23N3O2. The number of urea groups is 1. The third kappa shape index (κ3) is 4.68. The SMILES string of the molecule is CC#CCNC(=O)Nc1ccc(N2CC(C)OC(C)C2)cc1. The van der Waals surface area contributed by atoms with Gasteiger partial charge >= 0.3 is 6.03 Å². The first kappa shape index (κ1) is 16.2. The molecule has 0 aromatic heterocycles. The number of morpholine rings is 1. The molecule has 0 radical (unpaired) electrons. The highest BCUT2D eigenvalue weighted by molar-refractivity contribution is 5.89. The Kier molecular flexibility index (Phi) is 5.68. The van der Waals surface area contributed by atoms with Gasteiger partial charge in [-0.05, 0) is 45.0 Å². The largest absolute Gasteiger partial charge is 0.372 e. The molecule has 0 bridgehead atoms. The van der Waals surface area contributed by atoms with E-state index in [4.69, 9.17) is 4.74 Å². The van der Waals surface area contributed by atoms with Crippen LogP contribution in [0.1, 0.15) is 20.8 Å². The number of ether oxygens (including phenoxy) is 1. The summed E-state index contributed by atoms with van der Waals surface area (Å²) < 4.78 is 5.74. The zero-order valence-corrected chi connectivity index (χ0v) is 13.3. The highest BCUT2D eigenvalue weighted by atomic mass is 16.5. The number of carbonyl (C=O) groups is 1. The molecule has 2 atom stereocenters. The van der Waals surface area contributed by atoms with E-state index in [9.17, 15) is 4.79 Å². The lowest BCUT2D eigenvalue weighted by atomic mass is 10.2. The van der Waals surface area contributed by atoms with Gasteiger partial charge in [-0.1, -0.05) is 5.92 Å². The van der Waals surface area contributed by atoms with Crippen molar-refractivity contribution in [3.8, 4) is 11.8 Å². The number of carbonyl (C=O) groups excluding carboxylic acids is 1. The van der Waals surface area contributed by atoms with Crippen LogP contribution >= 0.6 is 0 Å². The van der Waals surface area contributed by atoms with E-state index in [0.29, 0.717) is 6.54 Å². The predicted molar refractivity (Wildman–Crippen MR) is 89.1 cm³/mol. The van der Waals surface area contributed by atoms with Crippen LogP contribution in [0.2, 0.25) is 0 Å². The van der Waals surface area contributed by atoms with Crippen molar-refractivity contribution in [3.63, 3.8) is 0 Å². The maximum atomic E-state index is 11.6. The quantitative estimate of drug-likeness (QED) is 0.843. The predicted octanol–water partition coefficient (Wildman–Crippen LogP) is 2.45. The Bertz CT molecular complexity index is 550. The second-order valence-electron chi connectivity index (χ2n) is 5.44. The molecule has 1 aromatic carbocycles. The van der Waals surface area contributed by atoms with Gasteiger partial charge in [0.05, 0.1) is 18.8 Å². The van der Waals surface area contributed by atoms with Gasteiger partial charge in [0.1, 0.15) is 0 Å². The lowest BCUT2D eigenvalue weighted by molar-refractivity contribution is -0.00521. The third-order valence-corrected chi connectivity index (χ3v) is 3.42. The zero-order valence-electron chi connectivity index (χ0n) is 13.3. The van der Waals surface area contributed by atoms with Crippen molar-refractivity contribution in [1.29, 1.82) is 0 Å². The molecule has 1 fully saturated rings. The molecule has 1 heterocycles. The van der Waals surface area contributed by atoms with E-state index >= 15 is 0 Å². The Morgan fingerprint density at radius 1 is 1.27 bits per heavy atom. The van der Waals surface area contributed by atoms with Crippen molar-refractivity contribution >= 4 is 17.4 Å². The highest BCUT2D eigenvalue weighted by Gasteiger charge is 2.22. The number of nitrogens with one attached hydrogen (secondary N) is 2. The third-order valence-electron chi connectivity index (χ3n) is 3.42. The van der Waals surface area contributed by atoms with Crippen LogP contribution in [0.25, 0.3) is 0 Å². The zero-order chi connectivity index (χ0) is 15.9. The molecular weight excluding hydrogens is 278 g/mol. The second kappa shape index (κ2) is 7.71. The van der Waals surface area contributed by atoms with Crippen LogP contribution in [-0.4, -0.2) is 37.9 Å². The minimum atomic E-state index is -0.246. The first-order chi connectivity index (χ1) is 10.6. The molecule has 0 spiro atoms. The highest BCUT2D eigenvalue weighted by Crippen LogP contribution is 2.22. The van der Waals surface area contributed by atoms with Crippen LogP contribution in [0.5, 0.6) is 0 Å². The maximum absolute atomic E-state index is 11.6. The summed E-state index contributed by atoms with van der Waals surface area (Å²) in [7, 11) is 0. The van der Waals surface area contributed by atoms with Crippen LogP contribution in [0.4, 0.5) is 16.2 Å².